The van der Waals surface area contributed by atoms with Gasteiger partial charge >= 0.3 is 5.69 Å². The third kappa shape index (κ3) is 3.51. The number of nitrogens with zero attached hydrogens (tertiary/aromatic N) is 2. The van der Waals surface area contributed by atoms with Gasteiger partial charge in [-0.1, -0.05) is 11.8 Å². The molecule has 110 valence electrons. The highest BCUT2D eigenvalue weighted by Crippen LogP contribution is 2.16. The molecule has 6 heteroatoms. The second kappa shape index (κ2) is 7.07. The van der Waals surface area contributed by atoms with E-state index in [4.69, 9.17) is 5.11 Å². The Balaban J connectivity index is 2.37. The number of thiophene rings is 1. The lowest BCUT2D eigenvalue weighted by molar-refractivity contribution is 0.305. The zero-order valence-corrected chi connectivity index (χ0v) is 12.5. The number of aliphatic hydroxyl groups is 1. The van der Waals surface area contributed by atoms with Crippen molar-refractivity contribution in [2.45, 2.75) is 26.4 Å². The van der Waals surface area contributed by atoms with E-state index < -0.39 is 0 Å². The van der Waals surface area contributed by atoms with Crippen LogP contribution in [0.2, 0.25) is 0 Å². The number of aryl methyl sites for hydroxylation is 1. The first-order valence-corrected chi connectivity index (χ1v) is 7.51. The van der Waals surface area contributed by atoms with Crippen LogP contribution in [0, 0.1) is 11.8 Å². The summed E-state index contributed by atoms with van der Waals surface area (Å²) in [6.45, 7) is 2.62. The molecule has 2 rings (SSSR count). The molecule has 0 spiro atoms. The second-order valence-corrected chi connectivity index (χ2v) is 5.34. The Kier molecular flexibility index (Phi) is 5.14. The van der Waals surface area contributed by atoms with Gasteiger partial charge < -0.3 is 9.67 Å². The minimum Gasteiger partial charge on any atom is -0.395 e. The molecular formula is C15H16N2O3S. The first-order valence-electron chi connectivity index (χ1n) is 6.63. The number of aromatic nitrogens is 2. The molecule has 0 saturated carbocycles. The van der Waals surface area contributed by atoms with Crippen molar-refractivity contribution in [1.29, 1.82) is 0 Å². The molecule has 0 aliphatic heterocycles. The van der Waals surface area contributed by atoms with E-state index >= 15 is 0 Å². The van der Waals surface area contributed by atoms with Crippen molar-refractivity contribution in [3.63, 3.8) is 0 Å². The van der Waals surface area contributed by atoms with Crippen LogP contribution in [0.1, 0.15) is 23.8 Å². The molecule has 0 aromatic carbocycles. The van der Waals surface area contributed by atoms with Crippen LogP contribution in [0.4, 0.5) is 0 Å². The average molecular weight is 304 g/mol. The molecule has 0 bridgehead atoms. The van der Waals surface area contributed by atoms with Gasteiger partial charge in [0.2, 0.25) is 0 Å². The van der Waals surface area contributed by atoms with E-state index in [0.29, 0.717) is 13.0 Å². The monoisotopic (exact) mass is 304 g/mol. The molecule has 0 aliphatic carbocycles. The highest BCUT2D eigenvalue weighted by molar-refractivity contribution is 7.10. The maximum absolute atomic E-state index is 12.2. The summed E-state index contributed by atoms with van der Waals surface area (Å²) in [5, 5.41) is 10.6. The fourth-order valence-corrected chi connectivity index (χ4v) is 2.69. The van der Waals surface area contributed by atoms with Crippen LogP contribution < -0.4 is 11.2 Å². The van der Waals surface area contributed by atoms with Crippen LogP contribution in [-0.4, -0.2) is 20.8 Å². The smallest absolute Gasteiger partial charge is 0.331 e. The Morgan fingerprint density at radius 1 is 1.33 bits per heavy atom. The standard InChI is InChI=1S/C15H16N2O3S/c1-2-16-8-6-14(19)17(15(16)20)11-13-12(7-10-21-13)5-3-4-9-18/h6-8,10,18H,2,4,9,11H2,1H3. The molecule has 0 saturated heterocycles. The third-order valence-electron chi connectivity index (χ3n) is 2.99. The number of hydrogen-bond acceptors (Lipinski definition) is 4. The van der Waals surface area contributed by atoms with Gasteiger partial charge in [0.25, 0.3) is 5.56 Å². The van der Waals surface area contributed by atoms with Crippen molar-refractivity contribution in [2.75, 3.05) is 6.61 Å². The molecule has 2 aromatic rings. The molecule has 0 unspecified atom stereocenters. The van der Waals surface area contributed by atoms with Gasteiger partial charge in [0.15, 0.2) is 0 Å². The summed E-state index contributed by atoms with van der Waals surface area (Å²) in [4.78, 5) is 24.9. The minimum absolute atomic E-state index is 0.0197. The van der Waals surface area contributed by atoms with E-state index in [2.05, 4.69) is 11.8 Å². The second-order valence-electron chi connectivity index (χ2n) is 4.34. The highest BCUT2D eigenvalue weighted by Gasteiger charge is 2.08. The zero-order valence-electron chi connectivity index (χ0n) is 11.7. The molecule has 21 heavy (non-hydrogen) atoms. The molecule has 0 fully saturated rings. The lowest BCUT2D eigenvalue weighted by Gasteiger charge is -2.07. The van der Waals surface area contributed by atoms with Crippen LogP contribution in [-0.2, 0) is 13.1 Å². The van der Waals surface area contributed by atoms with Gasteiger partial charge in [-0.2, -0.15) is 0 Å². The van der Waals surface area contributed by atoms with Crippen LogP contribution in [0.3, 0.4) is 0 Å². The summed E-state index contributed by atoms with van der Waals surface area (Å²) in [6.07, 6.45) is 1.92. The molecule has 0 aliphatic rings. The van der Waals surface area contributed by atoms with Crippen molar-refractivity contribution in [3.05, 3.63) is 55.0 Å². The summed E-state index contributed by atoms with van der Waals surface area (Å²) < 4.78 is 2.71. The van der Waals surface area contributed by atoms with E-state index in [1.165, 1.54) is 32.7 Å². The quantitative estimate of drug-likeness (QED) is 0.853. The lowest BCUT2D eigenvalue weighted by atomic mass is 10.2. The van der Waals surface area contributed by atoms with E-state index in [9.17, 15) is 9.59 Å². The minimum atomic E-state index is -0.313. The Hall–Kier alpha value is -2.10. The van der Waals surface area contributed by atoms with Gasteiger partial charge in [-0.25, -0.2) is 4.79 Å². The van der Waals surface area contributed by atoms with Gasteiger partial charge in [-0.05, 0) is 18.4 Å². The lowest BCUT2D eigenvalue weighted by Crippen LogP contribution is -2.38. The van der Waals surface area contributed by atoms with E-state index in [1.54, 1.807) is 0 Å². The summed E-state index contributed by atoms with van der Waals surface area (Å²) in [5.74, 6) is 5.81. The average Bonchev–Trinajstić information content (AvgIpc) is 2.91. The Bertz CT molecular complexity index is 789. The Labute approximate surface area is 126 Å². The van der Waals surface area contributed by atoms with Crippen molar-refractivity contribution < 1.29 is 5.11 Å². The summed E-state index contributed by atoms with van der Waals surface area (Å²) >= 11 is 1.46. The fourth-order valence-electron chi connectivity index (χ4n) is 1.87. The molecular weight excluding hydrogens is 288 g/mol. The van der Waals surface area contributed by atoms with Crippen molar-refractivity contribution in [2.24, 2.45) is 0 Å². The number of rotatable bonds is 4. The fraction of sp³-hybridized carbons (Fsp3) is 0.333. The Morgan fingerprint density at radius 3 is 2.86 bits per heavy atom. The number of hydrogen-bond donors (Lipinski definition) is 1. The SMILES string of the molecule is CCn1ccc(=O)n(Cc2sccc2C#CCCO)c1=O. The maximum Gasteiger partial charge on any atom is 0.331 e. The molecule has 5 nitrogen and oxygen atoms in total. The predicted octanol–water partition coefficient (Wildman–Crippen LogP) is 0.874. The summed E-state index contributed by atoms with van der Waals surface area (Å²) in [6, 6.07) is 3.26. The summed E-state index contributed by atoms with van der Waals surface area (Å²) in [7, 11) is 0. The van der Waals surface area contributed by atoms with E-state index in [1.807, 2.05) is 18.4 Å². The van der Waals surface area contributed by atoms with Crippen molar-refractivity contribution >= 4 is 11.3 Å². The maximum atomic E-state index is 12.2. The third-order valence-corrected chi connectivity index (χ3v) is 3.89. The molecule has 1 N–H and O–H groups in total. The van der Waals surface area contributed by atoms with Crippen LogP contribution in [0.25, 0.3) is 0 Å². The van der Waals surface area contributed by atoms with Crippen LogP contribution in [0.5, 0.6) is 0 Å². The largest absolute Gasteiger partial charge is 0.395 e. The van der Waals surface area contributed by atoms with Crippen LogP contribution in [0.15, 0.2) is 33.3 Å². The Morgan fingerprint density at radius 2 is 2.14 bits per heavy atom. The predicted molar refractivity (Wildman–Crippen MR) is 82.6 cm³/mol. The van der Waals surface area contributed by atoms with E-state index in [-0.39, 0.29) is 24.4 Å². The van der Waals surface area contributed by atoms with Gasteiger partial charge in [0, 0.05) is 35.7 Å². The van der Waals surface area contributed by atoms with Gasteiger partial charge in [-0.15, -0.1) is 11.3 Å². The first-order chi connectivity index (χ1) is 10.2. The molecule has 0 atom stereocenters. The van der Waals surface area contributed by atoms with Crippen molar-refractivity contribution in [1.82, 2.24) is 9.13 Å². The molecule has 2 aromatic heterocycles. The normalized spacial score (nSPS) is 10.2. The molecule has 2 heterocycles. The highest BCUT2D eigenvalue weighted by atomic mass is 32.1. The molecule has 0 amide bonds. The zero-order chi connectivity index (χ0) is 15.2. The van der Waals surface area contributed by atoms with Crippen molar-refractivity contribution in [3.8, 4) is 11.8 Å². The topological polar surface area (TPSA) is 64.2 Å². The van der Waals surface area contributed by atoms with Crippen LogP contribution >= 0.6 is 11.3 Å². The van der Waals surface area contributed by atoms with Gasteiger partial charge in [0.05, 0.1) is 13.2 Å². The number of aliphatic hydroxyl groups excluding tert-OH is 1. The van der Waals surface area contributed by atoms with E-state index in [0.717, 1.165) is 10.4 Å². The van der Waals surface area contributed by atoms with Gasteiger partial charge in [0.1, 0.15) is 0 Å². The van der Waals surface area contributed by atoms with Gasteiger partial charge in [-0.3, -0.25) is 9.36 Å². The first kappa shape index (κ1) is 15.3. The molecule has 0 radical (unpaired) electrons. The summed E-state index contributed by atoms with van der Waals surface area (Å²) in [5.41, 5.74) is 0.173.